The normalized spacial score (nSPS) is 12.2. The van der Waals surface area contributed by atoms with Gasteiger partial charge in [0.15, 0.2) is 0 Å². The molecule has 0 spiro atoms. The van der Waals surface area contributed by atoms with Crippen molar-refractivity contribution >= 4 is 11.7 Å². The lowest BCUT2D eigenvalue weighted by molar-refractivity contribution is -0.126. The minimum absolute atomic E-state index is 0.179. The van der Waals surface area contributed by atoms with E-state index in [1.165, 1.54) is 0 Å². The van der Waals surface area contributed by atoms with Gasteiger partial charge in [0.1, 0.15) is 11.9 Å². The number of hydrogen-bond acceptors (Lipinski definition) is 3. The highest BCUT2D eigenvalue weighted by Crippen LogP contribution is 2.18. The van der Waals surface area contributed by atoms with Crippen LogP contribution in [-0.4, -0.2) is 28.4 Å². The third-order valence-electron chi connectivity index (χ3n) is 3.02. The van der Waals surface area contributed by atoms with E-state index in [2.05, 4.69) is 10.4 Å². The molecule has 0 aliphatic heterocycles. The quantitative estimate of drug-likeness (QED) is 0.910. The zero-order chi connectivity index (χ0) is 14.5. The highest BCUT2D eigenvalue weighted by Gasteiger charge is 2.15. The molecule has 0 radical (unpaired) electrons. The van der Waals surface area contributed by atoms with Crippen molar-refractivity contribution in [1.29, 1.82) is 0 Å². The predicted octanol–water partition coefficient (Wildman–Crippen LogP) is 2.54. The zero-order valence-electron chi connectivity index (χ0n) is 12.0. The van der Waals surface area contributed by atoms with Gasteiger partial charge in [-0.3, -0.25) is 4.79 Å². The molecule has 1 N–H and O–H groups in total. The van der Waals surface area contributed by atoms with Gasteiger partial charge < -0.3 is 10.1 Å². The van der Waals surface area contributed by atoms with Gasteiger partial charge >= 0.3 is 0 Å². The topological polar surface area (TPSA) is 56.1 Å². The van der Waals surface area contributed by atoms with Gasteiger partial charge in [-0.25, -0.2) is 4.68 Å². The first-order valence-corrected chi connectivity index (χ1v) is 6.66. The lowest BCUT2D eigenvalue weighted by Crippen LogP contribution is -2.28. The Labute approximate surface area is 118 Å². The summed E-state index contributed by atoms with van der Waals surface area (Å²) in [5.41, 5.74) is 2.03. The largest absolute Gasteiger partial charge is 0.369 e. The average Bonchev–Trinajstić information content (AvgIpc) is 2.87. The highest BCUT2D eigenvalue weighted by molar-refractivity contribution is 5.93. The monoisotopic (exact) mass is 273 g/mol. The van der Waals surface area contributed by atoms with Crippen LogP contribution in [0.15, 0.2) is 36.5 Å². The number of hydrogen-bond donors (Lipinski definition) is 1. The van der Waals surface area contributed by atoms with Gasteiger partial charge in [0.05, 0.1) is 11.9 Å². The van der Waals surface area contributed by atoms with Crippen molar-refractivity contribution < 1.29 is 9.53 Å². The summed E-state index contributed by atoms with van der Waals surface area (Å²) >= 11 is 0. The number of nitrogens with zero attached hydrogens (tertiary/aromatic N) is 2. The third-order valence-corrected chi connectivity index (χ3v) is 3.02. The van der Waals surface area contributed by atoms with E-state index in [1.807, 2.05) is 38.1 Å². The summed E-state index contributed by atoms with van der Waals surface area (Å²) < 4.78 is 6.99. The summed E-state index contributed by atoms with van der Waals surface area (Å²) in [7, 11) is 0. The molecule has 0 fully saturated rings. The summed E-state index contributed by atoms with van der Waals surface area (Å²) in [6.45, 7) is 6.10. The Morgan fingerprint density at radius 2 is 2.15 bits per heavy atom. The number of benzene rings is 1. The molecule has 5 heteroatoms. The fourth-order valence-electron chi connectivity index (χ4n) is 1.94. The number of nitrogens with one attached hydrogen (secondary N) is 1. The summed E-state index contributed by atoms with van der Waals surface area (Å²) in [4.78, 5) is 12.0. The van der Waals surface area contributed by atoms with Gasteiger partial charge in [-0.15, -0.1) is 0 Å². The average molecular weight is 273 g/mol. The van der Waals surface area contributed by atoms with Gasteiger partial charge in [0.2, 0.25) is 0 Å². The standard InChI is InChI=1S/C15H19N3O2/c1-4-20-12(3)15(19)17-14-9-10-16-18(14)13-8-6-5-7-11(13)2/h5-10,12H,4H2,1-3H3,(H,17,19)/t12-/m0/s1. The number of aryl methyl sites for hydroxylation is 1. The maximum absolute atomic E-state index is 12.0. The summed E-state index contributed by atoms with van der Waals surface area (Å²) in [5, 5.41) is 7.10. The van der Waals surface area contributed by atoms with E-state index in [-0.39, 0.29) is 5.91 Å². The molecule has 106 valence electrons. The van der Waals surface area contributed by atoms with Crippen molar-refractivity contribution in [1.82, 2.24) is 9.78 Å². The fraction of sp³-hybridized carbons (Fsp3) is 0.333. The zero-order valence-corrected chi connectivity index (χ0v) is 12.0. The molecule has 1 atom stereocenters. The van der Waals surface area contributed by atoms with E-state index in [0.717, 1.165) is 11.3 Å². The molecule has 1 aromatic heterocycles. The van der Waals surface area contributed by atoms with Gasteiger partial charge in [-0.05, 0) is 32.4 Å². The predicted molar refractivity (Wildman–Crippen MR) is 78.0 cm³/mol. The van der Waals surface area contributed by atoms with Crippen LogP contribution in [0.4, 0.5) is 5.82 Å². The van der Waals surface area contributed by atoms with Crippen LogP contribution in [0.3, 0.4) is 0 Å². The van der Waals surface area contributed by atoms with Crippen LogP contribution >= 0.6 is 0 Å². The Hall–Kier alpha value is -2.14. The fourth-order valence-corrected chi connectivity index (χ4v) is 1.94. The molecule has 20 heavy (non-hydrogen) atoms. The number of amides is 1. The maximum atomic E-state index is 12.0. The van der Waals surface area contributed by atoms with Crippen molar-refractivity contribution in [2.24, 2.45) is 0 Å². The second-order valence-corrected chi connectivity index (χ2v) is 4.50. The van der Waals surface area contributed by atoms with Crippen LogP contribution in [0.5, 0.6) is 0 Å². The van der Waals surface area contributed by atoms with Crippen LogP contribution in [0.1, 0.15) is 19.4 Å². The SMILES string of the molecule is CCO[C@@H](C)C(=O)Nc1ccnn1-c1ccccc1C. The van der Waals surface area contributed by atoms with Crippen LogP contribution in [0.2, 0.25) is 0 Å². The summed E-state index contributed by atoms with van der Waals surface area (Å²) in [6.07, 6.45) is 1.17. The number of ether oxygens (including phenoxy) is 1. The number of carbonyl (C=O) groups excluding carboxylic acids is 1. The molecular weight excluding hydrogens is 254 g/mol. The van der Waals surface area contributed by atoms with E-state index < -0.39 is 6.10 Å². The van der Waals surface area contributed by atoms with E-state index in [0.29, 0.717) is 12.4 Å². The Kier molecular flexibility index (Phi) is 4.53. The first-order valence-electron chi connectivity index (χ1n) is 6.66. The molecule has 0 saturated carbocycles. The van der Waals surface area contributed by atoms with Crippen LogP contribution in [0.25, 0.3) is 5.69 Å². The molecule has 0 saturated heterocycles. The van der Waals surface area contributed by atoms with Crippen molar-refractivity contribution in [3.63, 3.8) is 0 Å². The second-order valence-electron chi connectivity index (χ2n) is 4.50. The first-order chi connectivity index (χ1) is 9.63. The smallest absolute Gasteiger partial charge is 0.254 e. The van der Waals surface area contributed by atoms with Crippen molar-refractivity contribution in [3.8, 4) is 5.69 Å². The summed E-state index contributed by atoms with van der Waals surface area (Å²) in [6, 6.07) is 9.65. The maximum Gasteiger partial charge on any atom is 0.254 e. The number of para-hydroxylation sites is 1. The highest BCUT2D eigenvalue weighted by atomic mass is 16.5. The molecule has 1 amide bonds. The molecule has 0 unspecified atom stereocenters. The Morgan fingerprint density at radius 3 is 2.85 bits per heavy atom. The van der Waals surface area contributed by atoms with E-state index in [4.69, 9.17) is 4.74 Å². The van der Waals surface area contributed by atoms with Crippen LogP contribution in [0, 0.1) is 6.92 Å². The number of anilines is 1. The Balaban J connectivity index is 2.22. The molecular formula is C15H19N3O2. The lowest BCUT2D eigenvalue weighted by atomic mass is 10.2. The molecule has 5 nitrogen and oxygen atoms in total. The minimum atomic E-state index is -0.486. The van der Waals surface area contributed by atoms with Gasteiger partial charge in [0.25, 0.3) is 5.91 Å². The van der Waals surface area contributed by atoms with E-state index in [1.54, 1.807) is 23.9 Å². The molecule has 1 heterocycles. The molecule has 2 aromatic rings. The second kappa shape index (κ2) is 6.34. The van der Waals surface area contributed by atoms with Gasteiger partial charge in [-0.1, -0.05) is 18.2 Å². The molecule has 1 aromatic carbocycles. The third kappa shape index (κ3) is 3.05. The molecule has 0 aliphatic rings. The Morgan fingerprint density at radius 1 is 1.40 bits per heavy atom. The number of rotatable bonds is 5. The van der Waals surface area contributed by atoms with Crippen LogP contribution < -0.4 is 5.32 Å². The van der Waals surface area contributed by atoms with E-state index >= 15 is 0 Å². The van der Waals surface area contributed by atoms with Gasteiger partial charge in [0, 0.05) is 12.7 Å². The number of aromatic nitrogens is 2. The molecule has 0 bridgehead atoms. The minimum Gasteiger partial charge on any atom is -0.369 e. The molecule has 2 rings (SSSR count). The van der Waals surface area contributed by atoms with E-state index in [9.17, 15) is 4.79 Å². The lowest BCUT2D eigenvalue weighted by Gasteiger charge is -2.14. The first kappa shape index (κ1) is 14.3. The van der Waals surface area contributed by atoms with Crippen molar-refractivity contribution in [3.05, 3.63) is 42.1 Å². The Bertz CT molecular complexity index is 592. The number of carbonyl (C=O) groups is 1. The van der Waals surface area contributed by atoms with Gasteiger partial charge in [-0.2, -0.15) is 5.10 Å². The molecule has 0 aliphatic carbocycles. The summed E-state index contributed by atoms with van der Waals surface area (Å²) in [5.74, 6) is 0.457. The van der Waals surface area contributed by atoms with Crippen molar-refractivity contribution in [2.75, 3.05) is 11.9 Å². The van der Waals surface area contributed by atoms with Crippen molar-refractivity contribution in [2.45, 2.75) is 26.9 Å². The van der Waals surface area contributed by atoms with Crippen LogP contribution in [-0.2, 0) is 9.53 Å².